The molecule has 0 aliphatic carbocycles. The van der Waals surface area contributed by atoms with Crippen molar-refractivity contribution in [2.24, 2.45) is 0 Å². The van der Waals surface area contributed by atoms with Gasteiger partial charge in [0.2, 0.25) is 0 Å². The van der Waals surface area contributed by atoms with E-state index in [1.807, 2.05) is 79.0 Å². The topological polar surface area (TPSA) is 60.5 Å². The van der Waals surface area contributed by atoms with E-state index in [-0.39, 0.29) is 5.91 Å². The van der Waals surface area contributed by atoms with E-state index in [2.05, 4.69) is 5.32 Å². The number of hydrogen-bond acceptors (Lipinski definition) is 5. The molecule has 5 nitrogen and oxygen atoms in total. The van der Waals surface area contributed by atoms with E-state index in [1.54, 1.807) is 25.6 Å². The van der Waals surface area contributed by atoms with Crippen LogP contribution in [0, 0.1) is 6.92 Å². The molecule has 0 unspecified atom stereocenters. The van der Waals surface area contributed by atoms with Crippen LogP contribution in [0.3, 0.4) is 0 Å². The fourth-order valence-electron chi connectivity index (χ4n) is 3.29. The van der Waals surface area contributed by atoms with Crippen molar-refractivity contribution in [3.8, 4) is 33.3 Å². The maximum absolute atomic E-state index is 12.3. The van der Waals surface area contributed by atoms with Gasteiger partial charge >= 0.3 is 0 Å². The Kier molecular flexibility index (Phi) is 6.52. The molecule has 4 rings (SSSR count). The van der Waals surface area contributed by atoms with Gasteiger partial charge in [0, 0.05) is 28.6 Å². The van der Waals surface area contributed by atoms with Gasteiger partial charge in [0.05, 0.1) is 19.9 Å². The van der Waals surface area contributed by atoms with Crippen molar-refractivity contribution in [3.63, 3.8) is 0 Å². The lowest BCUT2D eigenvalue weighted by molar-refractivity contribution is 0.0951. The largest absolute Gasteiger partial charge is 0.493 e. The lowest BCUT2D eigenvalue weighted by Gasteiger charge is -2.08. The molecule has 1 N–H and O–H groups in total. The predicted molar refractivity (Wildman–Crippen MR) is 128 cm³/mol. The Bertz CT molecular complexity index is 1210. The van der Waals surface area contributed by atoms with Crippen LogP contribution in [0.4, 0.5) is 0 Å². The van der Waals surface area contributed by atoms with Gasteiger partial charge in [-0.15, -0.1) is 11.3 Å². The predicted octanol–water partition coefficient (Wildman–Crippen LogP) is 5.73. The van der Waals surface area contributed by atoms with Crippen molar-refractivity contribution >= 4 is 17.2 Å². The second-order valence-corrected chi connectivity index (χ2v) is 8.21. The van der Waals surface area contributed by atoms with E-state index >= 15 is 0 Å². The third-order valence-electron chi connectivity index (χ3n) is 5.15. The van der Waals surface area contributed by atoms with E-state index in [1.165, 1.54) is 0 Å². The maximum Gasteiger partial charge on any atom is 0.251 e. The van der Waals surface area contributed by atoms with Crippen LogP contribution in [0.15, 0.2) is 72.1 Å². The molecule has 32 heavy (non-hydrogen) atoms. The first-order chi connectivity index (χ1) is 15.6. The molecule has 0 aliphatic heterocycles. The number of ether oxygens (including phenoxy) is 2. The number of benzene rings is 3. The monoisotopic (exact) mass is 444 g/mol. The number of nitrogens with one attached hydrogen (secondary N) is 1. The number of carbonyl (C=O) groups excluding carboxylic acids is 1. The highest BCUT2D eigenvalue weighted by atomic mass is 32.1. The van der Waals surface area contributed by atoms with E-state index in [0.717, 1.165) is 33.0 Å². The van der Waals surface area contributed by atoms with Gasteiger partial charge < -0.3 is 14.8 Å². The minimum atomic E-state index is -0.0754. The number of thiazole rings is 1. The molecule has 0 radical (unpaired) electrons. The lowest BCUT2D eigenvalue weighted by atomic mass is 10.1. The first-order valence-electron chi connectivity index (χ1n) is 10.2. The molecule has 0 fully saturated rings. The van der Waals surface area contributed by atoms with Crippen molar-refractivity contribution in [1.82, 2.24) is 10.3 Å². The average Bonchev–Trinajstić information content (AvgIpc) is 3.33. The van der Waals surface area contributed by atoms with Crippen LogP contribution in [-0.2, 0) is 6.54 Å². The highest BCUT2D eigenvalue weighted by Crippen LogP contribution is 2.34. The van der Waals surface area contributed by atoms with Crippen LogP contribution in [0.1, 0.15) is 21.5 Å². The minimum absolute atomic E-state index is 0.0754. The van der Waals surface area contributed by atoms with Crippen molar-refractivity contribution in [2.75, 3.05) is 14.2 Å². The number of rotatable bonds is 7. The van der Waals surface area contributed by atoms with Crippen molar-refractivity contribution in [3.05, 3.63) is 88.8 Å². The highest BCUT2D eigenvalue weighted by molar-refractivity contribution is 7.13. The molecule has 1 amide bonds. The smallest absolute Gasteiger partial charge is 0.251 e. The molecule has 1 aromatic heterocycles. The average molecular weight is 445 g/mol. The summed E-state index contributed by atoms with van der Waals surface area (Å²) in [5, 5.41) is 5.93. The van der Waals surface area contributed by atoms with E-state index in [9.17, 15) is 4.79 Å². The fourth-order valence-corrected chi connectivity index (χ4v) is 4.12. The number of aryl methyl sites for hydroxylation is 1. The van der Waals surface area contributed by atoms with Gasteiger partial charge in [0.15, 0.2) is 11.5 Å². The molecule has 0 saturated heterocycles. The summed E-state index contributed by atoms with van der Waals surface area (Å²) in [5.41, 5.74) is 5.73. The second-order valence-electron chi connectivity index (χ2n) is 7.35. The molecule has 0 spiro atoms. The van der Waals surface area contributed by atoms with E-state index < -0.39 is 0 Å². The summed E-state index contributed by atoms with van der Waals surface area (Å²) in [6.45, 7) is 2.48. The summed E-state index contributed by atoms with van der Waals surface area (Å²) in [6, 6.07) is 21.4. The number of carbonyl (C=O) groups is 1. The summed E-state index contributed by atoms with van der Waals surface area (Å²) in [6.07, 6.45) is 0. The van der Waals surface area contributed by atoms with Crippen LogP contribution in [0.2, 0.25) is 0 Å². The highest BCUT2D eigenvalue weighted by Gasteiger charge is 2.11. The molecule has 3 aromatic carbocycles. The zero-order chi connectivity index (χ0) is 22.5. The lowest BCUT2D eigenvalue weighted by Crippen LogP contribution is -2.22. The molecule has 4 aromatic rings. The second kappa shape index (κ2) is 9.66. The zero-order valence-corrected chi connectivity index (χ0v) is 19.0. The Morgan fingerprint density at radius 1 is 0.906 bits per heavy atom. The van der Waals surface area contributed by atoms with Gasteiger partial charge in [0.1, 0.15) is 5.01 Å². The molecular formula is C26H24N2O3S. The number of aromatic nitrogens is 1. The molecule has 1 heterocycles. The van der Waals surface area contributed by atoms with Crippen LogP contribution in [0.25, 0.3) is 21.8 Å². The molecule has 162 valence electrons. The van der Waals surface area contributed by atoms with E-state index in [0.29, 0.717) is 23.6 Å². The van der Waals surface area contributed by atoms with Crippen molar-refractivity contribution < 1.29 is 14.3 Å². The maximum atomic E-state index is 12.3. The molecule has 0 bridgehead atoms. The van der Waals surface area contributed by atoms with E-state index in [4.69, 9.17) is 14.5 Å². The SMILES string of the molecule is COc1ccc(-c2csc(-c3ccc(CNC(=O)c4ccc(C)cc4)cc3)n2)cc1OC. The number of methoxy groups -OCH3 is 2. The van der Waals surface area contributed by atoms with Gasteiger partial charge in [0.25, 0.3) is 5.91 Å². The third-order valence-corrected chi connectivity index (χ3v) is 6.04. The molecule has 0 aliphatic rings. The van der Waals surface area contributed by atoms with Gasteiger partial charge in [-0.05, 0) is 42.8 Å². The van der Waals surface area contributed by atoms with Crippen LogP contribution >= 0.6 is 11.3 Å². The fraction of sp³-hybridized carbons (Fsp3) is 0.154. The minimum Gasteiger partial charge on any atom is -0.493 e. The summed E-state index contributed by atoms with van der Waals surface area (Å²) in [7, 11) is 3.24. The van der Waals surface area contributed by atoms with Crippen LogP contribution < -0.4 is 14.8 Å². The molecular weight excluding hydrogens is 420 g/mol. The Balaban J connectivity index is 1.43. The number of nitrogens with zero attached hydrogens (tertiary/aromatic N) is 1. The molecule has 0 saturated carbocycles. The van der Waals surface area contributed by atoms with Gasteiger partial charge in [-0.25, -0.2) is 4.98 Å². The third kappa shape index (κ3) is 4.81. The summed E-state index contributed by atoms with van der Waals surface area (Å²) in [4.78, 5) is 17.1. The number of hydrogen-bond donors (Lipinski definition) is 1. The Morgan fingerprint density at radius 2 is 1.59 bits per heavy atom. The first-order valence-corrected chi connectivity index (χ1v) is 11.1. The molecule has 0 atom stereocenters. The first kappa shape index (κ1) is 21.6. The standard InChI is InChI=1S/C26H24N2O3S/c1-17-4-8-19(9-5-17)25(29)27-15-18-6-10-20(11-7-18)26-28-22(16-32-26)21-12-13-23(30-2)24(14-21)31-3/h4-14,16H,15H2,1-3H3,(H,27,29). The summed E-state index contributed by atoms with van der Waals surface area (Å²) in [5.74, 6) is 1.29. The Morgan fingerprint density at radius 3 is 2.28 bits per heavy atom. The van der Waals surface area contributed by atoms with Crippen LogP contribution in [-0.4, -0.2) is 25.1 Å². The summed E-state index contributed by atoms with van der Waals surface area (Å²) >= 11 is 1.59. The zero-order valence-electron chi connectivity index (χ0n) is 18.2. The van der Waals surface area contributed by atoms with Gasteiger partial charge in [-0.1, -0.05) is 42.0 Å². The summed E-state index contributed by atoms with van der Waals surface area (Å²) < 4.78 is 10.7. The van der Waals surface area contributed by atoms with Crippen molar-refractivity contribution in [2.45, 2.75) is 13.5 Å². The van der Waals surface area contributed by atoms with Crippen LogP contribution in [0.5, 0.6) is 11.5 Å². The Labute approximate surface area is 191 Å². The Hall–Kier alpha value is -3.64. The number of amides is 1. The molecule has 6 heteroatoms. The quantitative estimate of drug-likeness (QED) is 0.395. The van der Waals surface area contributed by atoms with Gasteiger partial charge in [-0.3, -0.25) is 4.79 Å². The van der Waals surface area contributed by atoms with Gasteiger partial charge in [-0.2, -0.15) is 0 Å². The van der Waals surface area contributed by atoms with Crippen molar-refractivity contribution in [1.29, 1.82) is 0 Å². The normalized spacial score (nSPS) is 10.6.